The summed E-state index contributed by atoms with van der Waals surface area (Å²) in [5, 5.41) is 2.79. The molecular weight excluding hydrogens is 472 g/mol. The molecule has 1 saturated heterocycles. The average molecular weight is 495 g/mol. The Morgan fingerprint density at radius 1 is 1.03 bits per heavy atom. The van der Waals surface area contributed by atoms with Crippen molar-refractivity contribution in [1.82, 2.24) is 15.0 Å². The van der Waals surface area contributed by atoms with Gasteiger partial charge in [0.1, 0.15) is 0 Å². The highest BCUT2D eigenvalue weighted by atomic mass is 19.4. The fraction of sp³-hybridized carbons (Fsp3) is 0.450. The lowest BCUT2D eigenvalue weighted by atomic mass is 10.3. The maximum atomic E-state index is 12.7. The summed E-state index contributed by atoms with van der Waals surface area (Å²) in [6.07, 6.45) is 1.33. The Labute approximate surface area is 191 Å². The minimum atomic E-state index is -4.99. The first kappa shape index (κ1) is 27.1. The van der Waals surface area contributed by atoms with Gasteiger partial charge in [-0.1, -0.05) is 30.4 Å². The highest BCUT2D eigenvalue weighted by molar-refractivity contribution is 5.46. The summed E-state index contributed by atoms with van der Waals surface area (Å²) in [7, 11) is 0. The predicted octanol–water partition coefficient (Wildman–Crippen LogP) is 4.52. The van der Waals surface area contributed by atoms with Crippen molar-refractivity contribution in [3.8, 4) is 6.01 Å². The molecule has 0 saturated carbocycles. The Bertz CT molecular complexity index is 894. The molecule has 1 aliphatic rings. The first-order valence-electron chi connectivity index (χ1n) is 10.0. The van der Waals surface area contributed by atoms with Gasteiger partial charge in [-0.05, 0) is 25.5 Å². The van der Waals surface area contributed by atoms with Crippen molar-refractivity contribution in [3.05, 3.63) is 48.2 Å². The van der Waals surface area contributed by atoms with Gasteiger partial charge in [0.15, 0.2) is 0 Å². The van der Waals surface area contributed by atoms with E-state index in [9.17, 15) is 26.3 Å². The molecule has 0 unspecified atom stereocenters. The molecule has 0 radical (unpaired) electrons. The Morgan fingerprint density at radius 3 is 2.41 bits per heavy atom. The summed E-state index contributed by atoms with van der Waals surface area (Å²) in [6.45, 7) is 2.70. The van der Waals surface area contributed by atoms with Gasteiger partial charge in [-0.2, -0.15) is 15.0 Å². The molecule has 1 aliphatic heterocycles. The molecule has 1 N–H and O–H groups in total. The van der Waals surface area contributed by atoms with Gasteiger partial charge in [0.05, 0.1) is 19.8 Å². The first-order chi connectivity index (χ1) is 16.1. The summed E-state index contributed by atoms with van der Waals surface area (Å²) in [6, 6.07) is -0.926. The number of morpholine rings is 1. The number of ether oxygens (including phenoxy) is 3. The summed E-state index contributed by atoms with van der Waals surface area (Å²) in [5.74, 6) is -0.210. The molecule has 1 fully saturated rings. The van der Waals surface area contributed by atoms with Gasteiger partial charge in [-0.25, -0.2) is 0 Å². The van der Waals surface area contributed by atoms with Gasteiger partial charge in [-0.3, -0.25) is 4.74 Å². The molecule has 0 aliphatic carbocycles. The van der Waals surface area contributed by atoms with Crippen molar-refractivity contribution in [2.75, 3.05) is 43.1 Å². The van der Waals surface area contributed by atoms with Crippen LogP contribution in [0.3, 0.4) is 0 Å². The van der Waals surface area contributed by atoms with E-state index < -0.39 is 25.3 Å². The molecule has 188 valence electrons. The molecule has 0 aromatic carbocycles. The van der Waals surface area contributed by atoms with Crippen LogP contribution in [0.2, 0.25) is 0 Å². The SMILES string of the molecule is C\C=C/C=C(\C=C/C=C/CCOC(F)(F)F)Nc1nc(OC(F)(F)F)nc(N2CCOCC2)n1. The van der Waals surface area contributed by atoms with Gasteiger partial charge in [0, 0.05) is 18.8 Å². The normalized spacial score (nSPS) is 16.2. The zero-order valence-corrected chi connectivity index (χ0v) is 18.1. The van der Waals surface area contributed by atoms with E-state index in [-0.39, 0.29) is 18.3 Å². The molecular formula is C20H23F6N5O3. The maximum absolute atomic E-state index is 12.7. The molecule has 8 nitrogen and oxygen atoms in total. The van der Waals surface area contributed by atoms with E-state index in [4.69, 9.17) is 4.74 Å². The monoisotopic (exact) mass is 495 g/mol. The molecule has 1 aromatic heterocycles. The summed E-state index contributed by atoms with van der Waals surface area (Å²) < 4.78 is 86.9. The van der Waals surface area contributed by atoms with Crippen LogP contribution in [-0.2, 0) is 9.47 Å². The van der Waals surface area contributed by atoms with Crippen molar-refractivity contribution in [2.24, 2.45) is 0 Å². The molecule has 34 heavy (non-hydrogen) atoms. The third-order valence-electron chi connectivity index (χ3n) is 3.90. The van der Waals surface area contributed by atoms with Crippen LogP contribution >= 0.6 is 0 Å². The zero-order valence-electron chi connectivity index (χ0n) is 18.1. The van der Waals surface area contributed by atoms with Gasteiger partial charge in [0.25, 0.3) is 0 Å². The average Bonchev–Trinajstić information content (AvgIpc) is 2.75. The van der Waals surface area contributed by atoms with E-state index in [0.29, 0.717) is 32.0 Å². The van der Waals surface area contributed by atoms with Crippen LogP contribution in [0.4, 0.5) is 38.2 Å². The molecule has 14 heteroatoms. The molecule has 1 aromatic rings. The Kier molecular flexibility index (Phi) is 10.3. The fourth-order valence-electron chi connectivity index (χ4n) is 2.50. The Hall–Kier alpha value is -3.13. The number of nitrogens with one attached hydrogen (secondary N) is 1. The zero-order chi connectivity index (χ0) is 25.0. The van der Waals surface area contributed by atoms with E-state index in [1.807, 2.05) is 0 Å². The van der Waals surface area contributed by atoms with Crippen molar-refractivity contribution in [2.45, 2.75) is 26.1 Å². The number of hydrogen-bond acceptors (Lipinski definition) is 8. The van der Waals surface area contributed by atoms with Crippen molar-refractivity contribution in [3.63, 3.8) is 0 Å². The van der Waals surface area contributed by atoms with E-state index in [0.717, 1.165) is 0 Å². The molecule has 2 heterocycles. The second-order valence-electron chi connectivity index (χ2n) is 6.53. The van der Waals surface area contributed by atoms with Crippen LogP contribution in [0.25, 0.3) is 0 Å². The topological polar surface area (TPSA) is 81.6 Å². The lowest BCUT2D eigenvalue weighted by Gasteiger charge is -2.27. The van der Waals surface area contributed by atoms with Crippen LogP contribution in [0.1, 0.15) is 13.3 Å². The highest BCUT2D eigenvalue weighted by Gasteiger charge is 2.33. The predicted molar refractivity (Wildman–Crippen MR) is 111 cm³/mol. The van der Waals surface area contributed by atoms with Gasteiger partial charge in [0.2, 0.25) is 11.9 Å². The third-order valence-corrected chi connectivity index (χ3v) is 3.90. The number of aromatic nitrogens is 3. The number of nitrogens with zero attached hydrogens (tertiary/aromatic N) is 4. The van der Waals surface area contributed by atoms with Crippen LogP contribution in [0.5, 0.6) is 6.01 Å². The lowest BCUT2D eigenvalue weighted by molar-refractivity contribution is -0.323. The Balaban J connectivity index is 2.16. The maximum Gasteiger partial charge on any atom is 0.575 e. The van der Waals surface area contributed by atoms with Crippen molar-refractivity contribution < 1.29 is 40.6 Å². The largest absolute Gasteiger partial charge is 0.575 e. The van der Waals surface area contributed by atoms with Crippen LogP contribution in [0, 0.1) is 0 Å². The second kappa shape index (κ2) is 12.9. The van der Waals surface area contributed by atoms with Crippen LogP contribution in [-0.4, -0.2) is 60.6 Å². The number of rotatable bonds is 10. The van der Waals surface area contributed by atoms with Gasteiger partial charge >= 0.3 is 18.7 Å². The number of halogens is 6. The van der Waals surface area contributed by atoms with Crippen molar-refractivity contribution in [1.29, 1.82) is 0 Å². The smallest absolute Gasteiger partial charge is 0.378 e. The molecule has 0 atom stereocenters. The lowest BCUT2D eigenvalue weighted by Crippen LogP contribution is -2.37. The second-order valence-corrected chi connectivity index (χ2v) is 6.53. The van der Waals surface area contributed by atoms with Gasteiger partial charge < -0.3 is 19.7 Å². The standard InChI is InChI=1S/C20H23F6N5O3/c1-2-3-8-15(9-6-4-5-7-12-33-19(21,22)23)27-16-28-17(31-10-13-32-14-11-31)30-18(29-16)34-20(24,25)26/h2-6,8-9H,7,10-14H2,1H3,(H,27,28,29,30)/b3-2-,5-4+,9-6-,15-8+. The number of hydrogen-bond donors (Lipinski definition) is 1. The minimum absolute atomic E-state index is 0.0148. The van der Waals surface area contributed by atoms with Gasteiger partial charge in [-0.15, -0.1) is 26.3 Å². The molecule has 0 spiro atoms. The molecule has 2 rings (SSSR count). The molecule has 0 amide bonds. The summed E-state index contributed by atoms with van der Waals surface area (Å²) >= 11 is 0. The van der Waals surface area contributed by atoms with Crippen LogP contribution < -0.4 is 15.0 Å². The number of alkyl halides is 6. The number of allylic oxidation sites excluding steroid dienone is 6. The first-order valence-corrected chi connectivity index (χ1v) is 10.0. The van der Waals surface area contributed by atoms with E-state index >= 15 is 0 Å². The van der Waals surface area contributed by atoms with Crippen LogP contribution in [0.15, 0.2) is 48.2 Å². The highest BCUT2D eigenvalue weighted by Crippen LogP contribution is 2.23. The van der Waals surface area contributed by atoms with E-state index in [1.54, 1.807) is 30.1 Å². The fourth-order valence-corrected chi connectivity index (χ4v) is 2.50. The van der Waals surface area contributed by atoms with E-state index in [2.05, 4.69) is 29.7 Å². The minimum Gasteiger partial charge on any atom is -0.378 e. The quantitative estimate of drug-likeness (QED) is 0.288. The number of anilines is 2. The summed E-state index contributed by atoms with van der Waals surface area (Å²) in [5.41, 5.74) is 0.381. The van der Waals surface area contributed by atoms with Crippen molar-refractivity contribution >= 4 is 11.9 Å². The summed E-state index contributed by atoms with van der Waals surface area (Å²) in [4.78, 5) is 13.2. The molecule has 0 bridgehead atoms. The third kappa shape index (κ3) is 11.1. The van der Waals surface area contributed by atoms with E-state index in [1.165, 1.54) is 24.3 Å². The Morgan fingerprint density at radius 2 is 1.76 bits per heavy atom.